The minimum absolute atomic E-state index is 0.105. The molecule has 0 saturated heterocycles. The average Bonchev–Trinajstić information content (AvgIpc) is 2.61. The highest BCUT2D eigenvalue weighted by Crippen LogP contribution is 2.21. The second kappa shape index (κ2) is 11.8. The van der Waals surface area contributed by atoms with Gasteiger partial charge in [0.2, 0.25) is 0 Å². The van der Waals surface area contributed by atoms with Crippen LogP contribution in [0.3, 0.4) is 0 Å². The second-order valence-corrected chi connectivity index (χ2v) is 7.73. The molecule has 154 valence electrons. The Morgan fingerprint density at radius 1 is 1.07 bits per heavy atom. The Morgan fingerprint density at radius 2 is 1.70 bits per heavy atom. The summed E-state index contributed by atoms with van der Waals surface area (Å²) in [6, 6.07) is 6.98. The molecule has 0 aliphatic carbocycles. The zero-order valence-corrected chi connectivity index (χ0v) is 17.0. The Labute approximate surface area is 162 Å². The molecule has 1 aromatic carbocycles. The Balaban J connectivity index is 2.37. The largest absolute Gasteiger partial charge is 0.494 e. The smallest absolute Gasteiger partial charge is 0.407 e. The van der Waals surface area contributed by atoms with Gasteiger partial charge in [0.1, 0.15) is 23.6 Å². The van der Waals surface area contributed by atoms with Gasteiger partial charge in [-0.3, -0.25) is 0 Å². The molecule has 1 aromatic rings. The fourth-order valence-corrected chi connectivity index (χ4v) is 2.49. The highest BCUT2D eigenvalue weighted by molar-refractivity contribution is 5.67. The summed E-state index contributed by atoms with van der Waals surface area (Å²) in [5.41, 5.74) is -0.0526. The molecule has 0 saturated carbocycles. The van der Waals surface area contributed by atoms with Crippen LogP contribution in [0.1, 0.15) is 71.5 Å². The quantitative estimate of drug-likeness (QED) is 0.505. The van der Waals surface area contributed by atoms with Crippen molar-refractivity contribution in [3.8, 4) is 5.75 Å². The lowest BCUT2D eigenvalue weighted by Crippen LogP contribution is -2.38. The van der Waals surface area contributed by atoms with Gasteiger partial charge < -0.3 is 25.0 Å². The van der Waals surface area contributed by atoms with Gasteiger partial charge in [0.25, 0.3) is 0 Å². The number of ether oxygens (including phenoxy) is 2. The molecule has 0 aromatic heterocycles. The van der Waals surface area contributed by atoms with E-state index in [1.807, 2.05) is 0 Å². The van der Waals surface area contributed by atoms with Crippen LogP contribution in [0.4, 0.5) is 4.79 Å². The van der Waals surface area contributed by atoms with Crippen LogP contribution in [-0.2, 0) is 4.74 Å². The van der Waals surface area contributed by atoms with Crippen LogP contribution in [0.2, 0.25) is 0 Å². The van der Waals surface area contributed by atoms with Crippen molar-refractivity contribution < 1.29 is 24.5 Å². The lowest BCUT2D eigenvalue weighted by Gasteiger charge is -2.22. The van der Waals surface area contributed by atoms with Crippen molar-refractivity contribution in [3.63, 3.8) is 0 Å². The molecule has 1 amide bonds. The number of aliphatic hydroxyl groups excluding tert-OH is 2. The van der Waals surface area contributed by atoms with Gasteiger partial charge in [-0.1, -0.05) is 44.7 Å². The Bertz CT molecular complexity index is 538. The zero-order valence-electron chi connectivity index (χ0n) is 17.0. The van der Waals surface area contributed by atoms with Crippen LogP contribution in [0.5, 0.6) is 5.75 Å². The van der Waals surface area contributed by atoms with Crippen LogP contribution < -0.4 is 10.1 Å². The van der Waals surface area contributed by atoms with E-state index >= 15 is 0 Å². The number of unbranched alkanes of at least 4 members (excludes halogenated alkanes) is 4. The van der Waals surface area contributed by atoms with Crippen molar-refractivity contribution in [2.75, 3.05) is 13.2 Å². The molecule has 0 fully saturated rings. The summed E-state index contributed by atoms with van der Waals surface area (Å²) >= 11 is 0. The van der Waals surface area contributed by atoms with E-state index in [1.54, 1.807) is 45.0 Å². The van der Waals surface area contributed by atoms with Crippen molar-refractivity contribution in [3.05, 3.63) is 29.8 Å². The minimum Gasteiger partial charge on any atom is -0.494 e. The summed E-state index contributed by atoms with van der Waals surface area (Å²) in [6.07, 6.45) is 3.05. The first-order valence-corrected chi connectivity index (χ1v) is 9.78. The summed E-state index contributed by atoms with van der Waals surface area (Å²) in [5, 5.41) is 22.8. The van der Waals surface area contributed by atoms with Crippen molar-refractivity contribution in [2.24, 2.45) is 0 Å². The molecule has 2 unspecified atom stereocenters. The molecule has 0 aliphatic heterocycles. The number of amides is 1. The first-order chi connectivity index (χ1) is 12.7. The van der Waals surface area contributed by atoms with E-state index < -0.39 is 23.9 Å². The summed E-state index contributed by atoms with van der Waals surface area (Å²) in [5.74, 6) is 0.739. The molecule has 2 atom stereocenters. The number of hydrogen-bond acceptors (Lipinski definition) is 5. The summed E-state index contributed by atoms with van der Waals surface area (Å²) in [6.45, 7) is 8.03. The summed E-state index contributed by atoms with van der Waals surface area (Å²) in [7, 11) is 0. The van der Waals surface area contributed by atoms with Gasteiger partial charge >= 0.3 is 6.09 Å². The Morgan fingerprint density at radius 3 is 2.30 bits per heavy atom. The first-order valence-electron chi connectivity index (χ1n) is 9.78. The monoisotopic (exact) mass is 381 g/mol. The topological polar surface area (TPSA) is 88.0 Å². The molecule has 3 N–H and O–H groups in total. The molecule has 0 aliphatic rings. The van der Waals surface area contributed by atoms with Crippen LogP contribution >= 0.6 is 0 Å². The average molecular weight is 382 g/mol. The minimum atomic E-state index is -1.14. The fraction of sp³-hybridized carbons (Fsp3) is 0.667. The van der Waals surface area contributed by atoms with Gasteiger partial charge in [0, 0.05) is 6.54 Å². The maximum absolute atomic E-state index is 11.6. The zero-order chi connectivity index (χ0) is 20.3. The molecule has 6 heteroatoms. The summed E-state index contributed by atoms with van der Waals surface area (Å²) in [4.78, 5) is 11.6. The third-order valence-electron chi connectivity index (χ3n) is 3.96. The van der Waals surface area contributed by atoms with Gasteiger partial charge in [-0.2, -0.15) is 0 Å². The normalized spacial score (nSPS) is 13.7. The lowest BCUT2D eigenvalue weighted by atomic mass is 10.0. The highest BCUT2D eigenvalue weighted by atomic mass is 16.6. The van der Waals surface area contributed by atoms with Crippen molar-refractivity contribution in [1.82, 2.24) is 5.32 Å². The molecular weight excluding hydrogens is 346 g/mol. The van der Waals surface area contributed by atoms with Crippen molar-refractivity contribution in [2.45, 2.75) is 77.6 Å². The van der Waals surface area contributed by atoms with Crippen LogP contribution in [0, 0.1) is 0 Å². The predicted molar refractivity (Wildman–Crippen MR) is 106 cm³/mol. The van der Waals surface area contributed by atoms with Crippen molar-refractivity contribution in [1.29, 1.82) is 0 Å². The number of carbonyl (C=O) groups excluding carboxylic acids is 1. The standard InChI is InChI=1S/C21H35NO5/c1-5-6-7-8-9-14-26-17-12-10-16(11-13-17)19(24)18(23)15-22-20(25)27-21(2,3)4/h10-13,18-19,23-24H,5-9,14-15H2,1-4H3,(H,22,25). The Hall–Kier alpha value is -1.79. The van der Waals surface area contributed by atoms with Gasteiger partial charge in [0.15, 0.2) is 0 Å². The number of aliphatic hydroxyl groups is 2. The number of benzene rings is 1. The molecular formula is C21H35NO5. The highest BCUT2D eigenvalue weighted by Gasteiger charge is 2.21. The van der Waals surface area contributed by atoms with E-state index in [1.165, 1.54) is 25.7 Å². The van der Waals surface area contributed by atoms with E-state index in [0.717, 1.165) is 12.2 Å². The SMILES string of the molecule is CCCCCCCOc1ccc(C(O)C(O)CNC(=O)OC(C)(C)C)cc1. The number of hydrogen-bond donors (Lipinski definition) is 3. The number of nitrogens with one attached hydrogen (secondary N) is 1. The molecule has 1 rings (SSSR count). The molecule has 0 radical (unpaired) electrons. The van der Waals surface area contributed by atoms with Crippen LogP contribution in [0.15, 0.2) is 24.3 Å². The molecule has 6 nitrogen and oxygen atoms in total. The maximum Gasteiger partial charge on any atom is 0.407 e. The van der Waals surface area contributed by atoms with Gasteiger partial charge in [-0.15, -0.1) is 0 Å². The van der Waals surface area contributed by atoms with Gasteiger partial charge in [-0.25, -0.2) is 4.79 Å². The predicted octanol–water partition coefficient (Wildman–Crippen LogP) is 3.95. The number of alkyl carbamates (subject to hydrolysis) is 1. The van der Waals surface area contributed by atoms with Crippen LogP contribution in [-0.4, -0.2) is 41.2 Å². The van der Waals surface area contributed by atoms with E-state index in [9.17, 15) is 15.0 Å². The van der Waals surface area contributed by atoms with E-state index in [2.05, 4.69) is 12.2 Å². The number of rotatable bonds is 11. The van der Waals surface area contributed by atoms with E-state index in [4.69, 9.17) is 9.47 Å². The first kappa shape index (κ1) is 23.2. The Kier molecular flexibility index (Phi) is 10.2. The lowest BCUT2D eigenvalue weighted by molar-refractivity contribution is 0.0129. The number of carbonyl (C=O) groups is 1. The third kappa shape index (κ3) is 10.2. The molecule has 0 spiro atoms. The van der Waals surface area contributed by atoms with Gasteiger partial charge in [-0.05, 0) is 44.9 Å². The van der Waals surface area contributed by atoms with E-state index in [-0.39, 0.29) is 6.54 Å². The molecule has 0 heterocycles. The maximum atomic E-state index is 11.6. The van der Waals surface area contributed by atoms with Crippen LogP contribution in [0.25, 0.3) is 0 Å². The van der Waals surface area contributed by atoms with Crippen molar-refractivity contribution >= 4 is 6.09 Å². The molecule has 27 heavy (non-hydrogen) atoms. The third-order valence-corrected chi connectivity index (χ3v) is 3.96. The fourth-order valence-electron chi connectivity index (χ4n) is 2.49. The van der Waals surface area contributed by atoms with E-state index in [0.29, 0.717) is 12.2 Å². The second-order valence-electron chi connectivity index (χ2n) is 7.73. The molecule has 0 bridgehead atoms. The summed E-state index contributed by atoms with van der Waals surface area (Å²) < 4.78 is 10.8. The van der Waals surface area contributed by atoms with Gasteiger partial charge in [0.05, 0.1) is 6.61 Å².